The highest BCUT2D eigenvalue weighted by Gasteiger charge is 2.43. The Bertz CT molecular complexity index is 466. The van der Waals surface area contributed by atoms with Crippen LogP contribution in [0.1, 0.15) is 12.5 Å². The lowest BCUT2D eigenvalue weighted by Crippen LogP contribution is -2.57. The number of nitrogens with zero attached hydrogens (tertiary/aromatic N) is 3. The Morgan fingerprint density at radius 2 is 2.25 bits per heavy atom. The van der Waals surface area contributed by atoms with Gasteiger partial charge < -0.3 is 14.6 Å². The van der Waals surface area contributed by atoms with Gasteiger partial charge in [-0.05, 0) is 6.92 Å². The van der Waals surface area contributed by atoms with E-state index in [2.05, 4.69) is 16.9 Å². The first-order chi connectivity index (χ1) is 9.55. The molecule has 112 valence electrons. The summed E-state index contributed by atoms with van der Waals surface area (Å²) in [4.78, 5) is 2.37. The number of aliphatic hydroxyl groups excluding tert-OH is 1. The van der Waals surface area contributed by atoms with Crippen LogP contribution in [-0.2, 0) is 22.1 Å². The molecule has 3 rings (SSSR count). The summed E-state index contributed by atoms with van der Waals surface area (Å²) in [6.45, 7) is 6.90. The molecule has 0 radical (unpaired) electrons. The van der Waals surface area contributed by atoms with Crippen molar-refractivity contribution in [2.75, 3.05) is 46.1 Å². The molecule has 2 aliphatic rings. The topological polar surface area (TPSA) is 59.8 Å². The molecule has 20 heavy (non-hydrogen) atoms. The van der Waals surface area contributed by atoms with Gasteiger partial charge in [0.2, 0.25) is 0 Å². The van der Waals surface area contributed by atoms with E-state index < -0.39 is 0 Å². The summed E-state index contributed by atoms with van der Waals surface area (Å²) in [6, 6.07) is 0. The van der Waals surface area contributed by atoms with Crippen molar-refractivity contribution in [1.82, 2.24) is 14.7 Å². The van der Waals surface area contributed by atoms with Crippen LogP contribution in [0.4, 0.5) is 0 Å². The minimum absolute atomic E-state index is 0.0762. The van der Waals surface area contributed by atoms with E-state index in [1.807, 2.05) is 19.4 Å². The van der Waals surface area contributed by atoms with E-state index in [9.17, 15) is 5.11 Å². The van der Waals surface area contributed by atoms with Crippen molar-refractivity contribution in [3.63, 3.8) is 0 Å². The van der Waals surface area contributed by atoms with Gasteiger partial charge in [-0.3, -0.25) is 9.58 Å². The van der Waals surface area contributed by atoms with E-state index in [0.29, 0.717) is 19.8 Å². The molecule has 0 aromatic carbocycles. The Morgan fingerprint density at radius 1 is 1.45 bits per heavy atom. The largest absolute Gasteiger partial charge is 0.396 e. The SMILES string of the molecule is Cn1cc(C2(C)CN(CC3(CO)COC3)CCO2)cn1. The Morgan fingerprint density at radius 3 is 2.80 bits per heavy atom. The smallest absolute Gasteiger partial charge is 0.106 e. The van der Waals surface area contributed by atoms with Crippen molar-refractivity contribution in [1.29, 1.82) is 0 Å². The third-order valence-corrected chi connectivity index (χ3v) is 4.38. The molecule has 1 aromatic rings. The highest BCUT2D eigenvalue weighted by Crippen LogP contribution is 2.33. The second-order valence-electron chi connectivity index (χ2n) is 6.34. The first-order valence-corrected chi connectivity index (χ1v) is 7.09. The Balaban J connectivity index is 1.70. The average molecular weight is 281 g/mol. The van der Waals surface area contributed by atoms with Crippen molar-refractivity contribution < 1.29 is 14.6 Å². The zero-order valence-electron chi connectivity index (χ0n) is 12.2. The Hall–Kier alpha value is -0.950. The van der Waals surface area contributed by atoms with Crippen LogP contribution in [0.3, 0.4) is 0 Å². The molecule has 1 unspecified atom stereocenters. The van der Waals surface area contributed by atoms with E-state index in [4.69, 9.17) is 9.47 Å². The fourth-order valence-corrected chi connectivity index (χ4v) is 3.05. The lowest BCUT2D eigenvalue weighted by Gasteiger charge is -2.47. The molecule has 0 saturated carbocycles. The Labute approximate surface area is 119 Å². The number of morpholine rings is 1. The second kappa shape index (κ2) is 5.11. The van der Waals surface area contributed by atoms with Crippen LogP contribution in [0, 0.1) is 5.41 Å². The van der Waals surface area contributed by atoms with E-state index in [1.54, 1.807) is 4.68 Å². The molecule has 6 heteroatoms. The standard InChI is InChI=1S/C14H23N3O3/c1-13(12-5-15-16(2)6-12)7-17(3-4-20-13)8-14(9-18)10-19-11-14/h5-6,18H,3-4,7-11H2,1-2H3. The van der Waals surface area contributed by atoms with Gasteiger partial charge in [0.25, 0.3) is 0 Å². The summed E-state index contributed by atoms with van der Waals surface area (Å²) < 4.78 is 13.1. The monoisotopic (exact) mass is 281 g/mol. The van der Waals surface area contributed by atoms with Crippen molar-refractivity contribution >= 4 is 0 Å². The minimum Gasteiger partial charge on any atom is -0.396 e. The maximum atomic E-state index is 9.57. The summed E-state index contributed by atoms with van der Waals surface area (Å²) in [7, 11) is 1.92. The van der Waals surface area contributed by atoms with Gasteiger partial charge in [0, 0.05) is 38.4 Å². The third-order valence-electron chi connectivity index (χ3n) is 4.38. The average Bonchev–Trinajstić information content (AvgIpc) is 2.82. The molecular weight excluding hydrogens is 258 g/mol. The number of aromatic nitrogens is 2. The summed E-state index contributed by atoms with van der Waals surface area (Å²) in [5.74, 6) is 0. The number of aryl methyl sites for hydroxylation is 1. The van der Waals surface area contributed by atoms with Gasteiger partial charge in [0.05, 0.1) is 38.0 Å². The predicted octanol–water partition coefficient (Wildman–Crippen LogP) is -0.0236. The van der Waals surface area contributed by atoms with E-state index >= 15 is 0 Å². The van der Waals surface area contributed by atoms with Crippen LogP contribution >= 0.6 is 0 Å². The maximum absolute atomic E-state index is 9.57. The highest BCUT2D eigenvalue weighted by atomic mass is 16.5. The molecule has 0 amide bonds. The molecule has 0 spiro atoms. The second-order valence-corrected chi connectivity index (χ2v) is 6.34. The van der Waals surface area contributed by atoms with Gasteiger partial charge in [-0.15, -0.1) is 0 Å². The normalized spacial score (nSPS) is 30.1. The first-order valence-electron chi connectivity index (χ1n) is 7.09. The number of ether oxygens (including phenoxy) is 2. The van der Waals surface area contributed by atoms with Crippen LogP contribution in [0.15, 0.2) is 12.4 Å². The van der Waals surface area contributed by atoms with Crippen molar-refractivity contribution in [3.05, 3.63) is 18.0 Å². The molecule has 2 fully saturated rings. The van der Waals surface area contributed by atoms with E-state index in [1.165, 1.54) is 0 Å². The number of hydrogen-bond donors (Lipinski definition) is 1. The molecule has 3 heterocycles. The van der Waals surface area contributed by atoms with E-state index in [-0.39, 0.29) is 17.6 Å². The summed E-state index contributed by atoms with van der Waals surface area (Å²) in [5, 5.41) is 13.8. The maximum Gasteiger partial charge on any atom is 0.106 e. The van der Waals surface area contributed by atoms with Crippen LogP contribution in [0.25, 0.3) is 0 Å². The lowest BCUT2D eigenvalue weighted by atomic mass is 9.85. The zero-order valence-corrected chi connectivity index (χ0v) is 12.2. The van der Waals surface area contributed by atoms with Crippen molar-refractivity contribution in [3.8, 4) is 0 Å². The summed E-state index contributed by atoms with van der Waals surface area (Å²) in [6.07, 6.45) is 3.88. The molecule has 1 atom stereocenters. The molecule has 0 aliphatic carbocycles. The molecule has 2 aliphatic heterocycles. The van der Waals surface area contributed by atoms with Crippen molar-refractivity contribution in [2.24, 2.45) is 12.5 Å². The summed E-state index contributed by atoms with van der Waals surface area (Å²) >= 11 is 0. The fraction of sp³-hybridized carbons (Fsp3) is 0.786. The van der Waals surface area contributed by atoms with Crippen LogP contribution in [-0.4, -0.2) is 65.8 Å². The van der Waals surface area contributed by atoms with Gasteiger partial charge in [0.15, 0.2) is 0 Å². The van der Waals surface area contributed by atoms with Crippen LogP contribution in [0.5, 0.6) is 0 Å². The van der Waals surface area contributed by atoms with Gasteiger partial charge in [0.1, 0.15) is 5.60 Å². The number of hydrogen-bond acceptors (Lipinski definition) is 5. The highest BCUT2D eigenvalue weighted by molar-refractivity contribution is 5.16. The van der Waals surface area contributed by atoms with Gasteiger partial charge >= 0.3 is 0 Å². The lowest BCUT2D eigenvalue weighted by molar-refractivity contribution is -0.170. The van der Waals surface area contributed by atoms with E-state index in [0.717, 1.165) is 25.2 Å². The molecule has 1 N–H and O–H groups in total. The quantitative estimate of drug-likeness (QED) is 0.840. The summed E-state index contributed by atoms with van der Waals surface area (Å²) in [5.41, 5.74) is 0.702. The Kier molecular flexibility index (Phi) is 3.58. The van der Waals surface area contributed by atoms with Gasteiger partial charge in [-0.25, -0.2) is 0 Å². The molecule has 2 saturated heterocycles. The van der Waals surface area contributed by atoms with Gasteiger partial charge in [-0.2, -0.15) is 5.10 Å². The van der Waals surface area contributed by atoms with Crippen LogP contribution < -0.4 is 0 Å². The third kappa shape index (κ3) is 2.48. The zero-order chi connectivity index (χ0) is 14.2. The first kappa shape index (κ1) is 14.0. The van der Waals surface area contributed by atoms with Crippen molar-refractivity contribution in [2.45, 2.75) is 12.5 Å². The molecule has 0 bridgehead atoms. The van der Waals surface area contributed by atoms with Gasteiger partial charge in [-0.1, -0.05) is 0 Å². The molecule has 6 nitrogen and oxygen atoms in total. The number of rotatable bonds is 4. The predicted molar refractivity (Wildman–Crippen MR) is 73.3 cm³/mol. The minimum atomic E-state index is -0.326. The molecule has 1 aromatic heterocycles. The fourth-order valence-electron chi connectivity index (χ4n) is 3.05. The number of aliphatic hydroxyl groups is 1. The van der Waals surface area contributed by atoms with Crippen LogP contribution in [0.2, 0.25) is 0 Å². The molecular formula is C14H23N3O3.